The van der Waals surface area contributed by atoms with Gasteiger partial charge in [0.15, 0.2) is 0 Å². The van der Waals surface area contributed by atoms with Crippen LogP contribution in [0.3, 0.4) is 0 Å². The molecule has 51 heavy (non-hydrogen) atoms. The molecule has 12 nitrogen and oxygen atoms in total. The van der Waals surface area contributed by atoms with Crippen LogP contribution in [-0.4, -0.2) is 118 Å². The smallest absolute Gasteiger partial charge is 0.325 e. The van der Waals surface area contributed by atoms with Crippen LogP contribution in [0.2, 0.25) is 5.02 Å². The Labute approximate surface area is 304 Å². The number of nitrogens with zero attached hydrogens (tertiary/aromatic N) is 4. The second-order valence-electron chi connectivity index (χ2n) is 14.8. The highest BCUT2D eigenvalue weighted by Gasteiger charge is 2.54. The molecule has 0 aromatic heterocycles. The van der Waals surface area contributed by atoms with Gasteiger partial charge in [0.25, 0.3) is 0 Å². The third-order valence-corrected chi connectivity index (χ3v) is 11.4. The number of likely N-dealkylation sites (tertiary alicyclic amines) is 2. The molecule has 3 saturated heterocycles. The van der Waals surface area contributed by atoms with Crippen molar-refractivity contribution in [3.05, 3.63) is 59.2 Å². The molecule has 3 fully saturated rings. The number of hydrogen-bond acceptors (Lipinski definition) is 7. The first-order valence-corrected chi connectivity index (χ1v) is 18.4. The fraction of sp³-hybridized carbons (Fsp3) is 0.579. The number of benzene rings is 1. The van der Waals surface area contributed by atoms with Crippen LogP contribution in [0.1, 0.15) is 58.4 Å². The molecule has 5 amide bonds. The summed E-state index contributed by atoms with van der Waals surface area (Å²) in [5, 5.41) is 3.25. The number of halogens is 1. The average molecular weight is 722 g/mol. The standard InChI is InChI=1S/C38H48ClN5O7/c1-22(2)19-28-12-10-24-16-18-42(33(24)37(49)43(28)21-32(46)51-4)36(48)31-14-13-27-11-9-25-15-17-41(34(25)38(50)44(27)31)35(47)30(40-23(3)45)20-26-7-5-6-8-29(26)39/h5-12,22,24-25,27-28,30-31,33-34H,13-21H2,1-4H3,(H,40,45)/t24-,25-,27-,28-,30-,31-,33-,34-/m0/s1. The van der Waals surface area contributed by atoms with Crippen LogP contribution in [0, 0.1) is 17.8 Å². The number of carbonyl (C=O) groups excluding carboxylic acids is 6. The summed E-state index contributed by atoms with van der Waals surface area (Å²) in [6.45, 7) is 5.92. The maximum absolute atomic E-state index is 14.6. The van der Waals surface area contributed by atoms with E-state index >= 15 is 0 Å². The second-order valence-corrected chi connectivity index (χ2v) is 15.2. The van der Waals surface area contributed by atoms with Gasteiger partial charge in [0.2, 0.25) is 29.5 Å². The molecule has 0 radical (unpaired) electrons. The molecule has 0 bridgehead atoms. The number of esters is 1. The summed E-state index contributed by atoms with van der Waals surface area (Å²) in [6.07, 6.45) is 11.0. The largest absolute Gasteiger partial charge is 0.468 e. The molecule has 0 spiro atoms. The van der Waals surface area contributed by atoms with Gasteiger partial charge in [-0.15, -0.1) is 0 Å². The van der Waals surface area contributed by atoms with Gasteiger partial charge in [-0.2, -0.15) is 0 Å². The maximum Gasteiger partial charge on any atom is 0.325 e. The van der Waals surface area contributed by atoms with Crippen molar-refractivity contribution in [2.45, 2.75) is 95.5 Å². The number of hydrogen-bond donors (Lipinski definition) is 1. The number of fused-ring (bicyclic) bond motifs is 3. The number of carbonyl (C=O) groups is 6. The molecule has 5 aliphatic heterocycles. The third-order valence-electron chi connectivity index (χ3n) is 11.1. The van der Waals surface area contributed by atoms with Crippen LogP contribution in [0.4, 0.5) is 0 Å². The Kier molecular flexibility index (Phi) is 10.9. The molecule has 8 atom stereocenters. The van der Waals surface area contributed by atoms with Crippen molar-refractivity contribution < 1.29 is 33.5 Å². The first-order valence-electron chi connectivity index (χ1n) is 18.1. The van der Waals surface area contributed by atoms with E-state index in [9.17, 15) is 28.8 Å². The van der Waals surface area contributed by atoms with Crippen molar-refractivity contribution in [2.75, 3.05) is 26.7 Å². The molecule has 5 heterocycles. The van der Waals surface area contributed by atoms with Gasteiger partial charge in [-0.25, -0.2) is 0 Å². The Balaban J connectivity index is 1.24. The van der Waals surface area contributed by atoms with Crippen LogP contribution < -0.4 is 5.32 Å². The Hall–Kier alpha value is -4.19. The highest BCUT2D eigenvalue weighted by Crippen LogP contribution is 2.39. The molecule has 0 unspecified atom stereocenters. The first kappa shape index (κ1) is 36.6. The number of methoxy groups -OCH3 is 1. The van der Waals surface area contributed by atoms with Gasteiger partial charge in [-0.1, -0.05) is 68.0 Å². The van der Waals surface area contributed by atoms with Gasteiger partial charge < -0.3 is 29.7 Å². The zero-order valence-corrected chi connectivity index (χ0v) is 30.5. The van der Waals surface area contributed by atoms with Crippen LogP contribution in [0.25, 0.3) is 0 Å². The summed E-state index contributed by atoms with van der Waals surface area (Å²) >= 11 is 6.42. The molecular weight excluding hydrogens is 674 g/mol. The zero-order valence-electron chi connectivity index (χ0n) is 29.7. The normalized spacial score (nSPS) is 29.0. The predicted octanol–water partition coefficient (Wildman–Crippen LogP) is 2.74. The lowest BCUT2D eigenvalue weighted by Gasteiger charge is -2.38. The number of ether oxygens (including phenoxy) is 1. The molecule has 1 aromatic carbocycles. The van der Waals surface area contributed by atoms with E-state index in [-0.39, 0.29) is 72.3 Å². The highest BCUT2D eigenvalue weighted by molar-refractivity contribution is 6.31. The molecule has 0 aliphatic carbocycles. The van der Waals surface area contributed by atoms with Gasteiger partial charge >= 0.3 is 5.97 Å². The lowest BCUT2D eigenvalue weighted by atomic mass is 9.97. The van der Waals surface area contributed by atoms with Crippen molar-refractivity contribution >= 4 is 47.1 Å². The van der Waals surface area contributed by atoms with Gasteiger partial charge in [-0.05, 0) is 49.7 Å². The molecule has 6 rings (SSSR count). The van der Waals surface area contributed by atoms with E-state index in [2.05, 4.69) is 19.2 Å². The Morgan fingerprint density at radius 1 is 0.902 bits per heavy atom. The monoisotopic (exact) mass is 721 g/mol. The van der Waals surface area contributed by atoms with Crippen LogP contribution in [-0.2, 0) is 39.9 Å². The quantitative estimate of drug-likeness (QED) is 0.306. The summed E-state index contributed by atoms with van der Waals surface area (Å²) < 4.78 is 4.93. The SMILES string of the molecule is COC(=O)CN1C(=O)[C@@H]2[C@@H](C=C[C@H]1CC(C)C)CCN2C(=O)[C@@H]1CC[C@@H]2C=C[C@H]3CCN(C(=O)[C@H](Cc4ccccc4Cl)NC(C)=O)[C@@H]3C(=O)N21. The van der Waals surface area contributed by atoms with E-state index in [1.165, 1.54) is 18.9 Å². The van der Waals surface area contributed by atoms with Gasteiger partial charge in [0.1, 0.15) is 30.7 Å². The van der Waals surface area contributed by atoms with Crippen LogP contribution in [0.5, 0.6) is 0 Å². The predicted molar refractivity (Wildman–Crippen MR) is 189 cm³/mol. The molecule has 274 valence electrons. The van der Waals surface area contributed by atoms with Gasteiger partial charge in [0.05, 0.1) is 19.2 Å². The minimum Gasteiger partial charge on any atom is -0.468 e. The van der Waals surface area contributed by atoms with E-state index < -0.39 is 30.1 Å². The van der Waals surface area contributed by atoms with E-state index in [4.69, 9.17) is 16.3 Å². The first-order chi connectivity index (χ1) is 24.4. The Morgan fingerprint density at radius 3 is 2.24 bits per heavy atom. The summed E-state index contributed by atoms with van der Waals surface area (Å²) in [5.41, 5.74) is 0.701. The summed E-state index contributed by atoms with van der Waals surface area (Å²) in [7, 11) is 1.29. The number of nitrogens with one attached hydrogen (secondary N) is 1. The minimum atomic E-state index is -0.934. The summed E-state index contributed by atoms with van der Waals surface area (Å²) in [6, 6.07) is 3.13. The van der Waals surface area contributed by atoms with Crippen molar-refractivity contribution in [1.29, 1.82) is 0 Å². The summed E-state index contributed by atoms with van der Waals surface area (Å²) in [4.78, 5) is 88.7. The second kappa shape index (κ2) is 15.2. The van der Waals surface area contributed by atoms with Crippen molar-refractivity contribution in [2.24, 2.45) is 17.8 Å². The average Bonchev–Trinajstić information content (AvgIpc) is 3.80. The van der Waals surface area contributed by atoms with Crippen molar-refractivity contribution in [3.8, 4) is 0 Å². The van der Waals surface area contributed by atoms with E-state index in [0.717, 1.165) is 0 Å². The fourth-order valence-corrected chi connectivity index (χ4v) is 8.90. The molecule has 5 aliphatic rings. The van der Waals surface area contributed by atoms with Crippen molar-refractivity contribution in [1.82, 2.24) is 24.9 Å². The van der Waals surface area contributed by atoms with E-state index in [1.54, 1.807) is 32.9 Å². The van der Waals surface area contributed by atoms with Gasteiger partial charge in [0, 0.05) is 43.3 Å². The maximum atomic E-state index is 14.6. The summed E-state index contributed by atoms with van der Waals surface area (Å²) in [5.74, 6) is -2.36. The van der Waals surface area contributed by atoms with Crippen LogP contribution >= 0.6 is 11.6 Å². The highest BCUT2D eigenvalue weighted by atomic mass is 35.5. The Bertz CT molecular complexity index is 1630. The molecule has 13 heteroatoms. The lowest BCUT2D eigenvalue weighted by Crippen LogP contribution is -2.60. The van der Waals surface area contributed by atoms with Gasteiger partial charge in [-0.3, -0.25) is 28.8 Å². The van der Waals surface area contributed by atoms with E-state index in [1.807, 2.05) is 30.4 Å². The topological polar surface area (TPSA) is 137 Å². The number of amides is 5. The molecule has 0 saturated carbocycles. The minimum absolute atomic E-state index is 0.161. The number of rotatable bonds is 9. The molecule has 1 N–H and O–H groups in total. The lowest BCUT2D eigenvalue weighted by molar-refractivity contribution is -0.155. The third kappa shape index (κ3) is 7.29. The Morgan fingerprint density at radius 2 is 1.57 bits per heavy atom. The molecular formula is C38H48ClN5O7. The van der Waals surface area contributed by atoms with Crippen molar-refractivity contribution in [3.63, 3.8) is 0 Å². The zero-order chi connectivity index (χ0) is 36.6. The van der Waals surface area contributed by atoms with E-state index in [0.29, 0.717) is 55.8 Å². The fourth-order valence-electron chi connectivity index (χ4n) is 8.69. The molecule has 1 aromatic rings. The van der Waals surface area contributed by atoms with Crippen LogP contribution in [0.15, 0.2) is 48.6 Å².